The van der Waals surface area contributed by atoms with Crippen molar-refractivity contribution in [3.8, 4) is 0 Å². The Hall–Kier alpha value is -0.540. The molecule has 1 heterocycles. The fraction of sp³-hybridized carbons (Fsp3) is 0.824. The van der Waals surface area contributed by atoms with E-state index in [2.05, 4.69) is 31.2 Å². The molecule has 1 aromatic rings. The summed E-state index contributed by atoms with van der Waals surface area (Å²) in [5, 5.41) is 9.16. The van der Waals surface area contributed by atoms with Gasteiger partial charge in [-0.15, -0.1) is 0 Å². The van der Waals surface area contributed by atoms with Crippen molar-refractivity contribution >= 4 is 11.6 Å². The van der Waals surface area contributed by atoms with Crippen LogP contribution in [0, 0.1) is 5.92 Å². The average molecular weight is 312 g/mol. The molecule has 0 aliphatic heterocycles. The molecule has 0 amide bonds. The Kier molecular flexibility index (Phi) is 6.56. The predicted molar refractivity (Wildman–Crippen MR) is 89.8 cm³/mol. The zero-order chi connectivity index (χ0) is 15.2. The van der Waals surface area contributed by atoms with Gasteiger partial charge >= 0.3 is 0 Å². The molecule has 4 heteroatoms. The Labute approximate surface area is 134 Å². The molecule has 0 unspecified atom stereocenters. The number of hydrogen-bond donors (Lipinski definition) is 1. The first-order chi connectivity index (χ1) is 10.2. The second-order valence-corrected chi connectivity index (χ2v) is 6.68. The monoisotopic (exact) mass is 311 g/mol. The van der Waals surface area contributed by atoms with E-state index in [1.54, 1.807) is 0 Å². The molecule has 0 saturated heterocycles. The minimum absolute atomic E-state index is 0.560. The van der Waals surface area contributed by atoms with Crippen LogP contribution >= 0.6 is 11.6 Å². The molecule has 1 aliphatic rings. The molecule has 1 atom stereocenters. The van der Waals surface area contributed by atoms with E-state index in [1.165, 1.54) is 38.5 Å². The average Bonchev–Trinajstić information content (AvgIpc) is 2.69. The van der Waals surface area contributed by atoms with E-state index in [-0.39, 0.29) is 0 Å². The van der Waals surface area contributed by atoms with E-state index in [0.29, 0.717) is 6.04 Å². The predicted octanol–water partition coefficient (Wildman–Crippen LogP) is 4.57. The fourth-order valence-corrected chi connectivity index (χ4v) is 3.76. The molecule has 1 saturated carbocycles. The van der Waals surface area contributed by atoms with Crippen LogP contribution in [0.3, 0.4) is 0 Å². The number of rotatable bonds is 6. The minimum Gasteiger partial charge on any atom is -0.308 e. The summed E-state index contributed by atoms with van der Waals surface area (Å²) >= 11 is 6.48. The standard InChI is InChI=1S/C17H30ClN3/c1-4-15-17(18)16(21(5-2)20-15)12-19-13(3)14-10-8-6-7-9-11-14/h13-14,19H,4-12H2,1-3H3/t13-/m1/s1. The van der Waals surface area contributed by atoms with Crippen molar-refractivity contribution in [2.75, 3.05) is 0 Å². The van der Waals surface area contributed by atoms with Gasteiger partial charge in [-0.25, -0.2) is 0 Å². The van der Waals surface area contributed by atoms with Crippen molar-refractivity contribution in [3.05, 3.63) is 16.4 Å². The Bertz CT molecular complexity index is 433. The first-order valence-corrected chi connectivity index (χ1v) is 9.02. The second-order valence-electron chi connectivity index (χ2n) is 6.30. The Balaban J connectivity index is 1.96. The topological polar surface area (TPSA) is 29.9 Å². The third-order valence-electron chi connectivity index (χ3n) is 4.89. The van der Waals surface area contributed by atoms with Crippen LogP contribution in [0.15, 0.2) is 0 Å². The molecule has 2 rings (SSSR count). The fourth-order valence-electron chi connectivity index (χ4n) is 3.42. The van der Waals surface area contributed by atoms with E-state index < -0.39 is 0 Å². The Morgan fingerprint density at radius 2 is 1.90 bits per heavy atom. The quantitative estimate of drug-likeness (QED) is 0.780. The molecule has 1 aliphatic carbocycles. The normalized spacial score (nSPS) is 18.7. The molecular formula is C17H30ClN3. The highest BCUT2D eigenvalue weighted by Crippen LogP contribution is 2.26. The summed E-state index contributed by atoms with van der Waals surface area (Å²) in [5.74, 6) is 0.815. The zero-order valence-electron chi connectivity index (χ0n) is 13.8. The molecular weight excluding hydrogens is 282 g/mol. The van der Waals surface area contributed by atoms with E-state index in [9.17, 15) is 0 Å². The van der Waals surface area contributed by atoms with Gasteiger partial charge in [-0.3, -0.25) is 4.68 Å². The Morgan fingerprint density at radius 3 is 2.48 bits per heavy atom. The summed E-state index contributed by atoms with van der Waals surface area (Å²) in [7, 11) is 0. The van der Waals surface area contributed by atoms with Gasteiger partial charge in [-0.05, 0) is 39.0 Å². The van der Waals surface area contributed by atoms with Crippen molar-refractivity contribution in [1.82, 2.24) is 15.1 Å². The summed E-state index contributed by atoms with van der Waals surface area (Å²) < 4.78 is 2.05. The van der Waals surface area contributed by atoms with Crippen molar-refractivity contribution in [2.45, 2.75) is 84.8 Å². The van der Waals surface area contributed by atoms with Crippen LogP contribution in [0.2, 0.25) is 5.02 Å². The highest BCUT2D eigenvalue weighted by Gasteiger charge is 2.20. The van der Waals surface area contributed by atoms with E-state index in [4.69, 9.17) is 11.6 Å². The first-order valence-electron chi connectivity index (χ1n) is 8.64. The number of nitrogens with one attached hydrogen (secondary N) is 1. The van der Waals surface area contributed by atoms with Crippen molar-refractivity contribution in [1.29, 1.82) is 0 Å². The summed E-state index contributed by atoms with van der Waals surface area (Å²) in [5.41, 5.74) is 2.17. The largest absolute Gasteiger partial charge is 0.308 e. The molecule has 1 N–H and O–H groups in total. The lowest BCUT2D eigenvalue weighted by Gasteiger charge is -2.24. The van der Waals surface area contributed by atoms with Gasteiger partial charge in [0.15, 0.2) is 0 Å². The van der Waals surface area contributed by atoms with Gasteiger partial charge in [-0.2, -0.15) is 5.10 Å². The van der Waals surface area contributed by atoms with Crippen LogP contribution in [-0.4, -0.2) is 15.8 Å². The van der Waals surface area contributed by atoms with E-state index in [1.807, 2.05) is 4.68 Å². The highest BCUT2D eigenvalue weighted by atomic mass is 35.5. The summed E-state index contributed by atoms with van der Waals surface area (Å²) in [6.07, 6.45) is 9.25. The van der Waals surface area contributed by atoms with Gasteiger partial charge in [0, 0.05) is 19.1 Å². The molecule has 0 bridgehead atoms. The molecule has 21 heavy (non-hydrogen) atoms. The van der Waals surface area contributed by atoms with Crippen LogP contribution in [-0.2, 0) is 19.5 Å². The molecule has 1 aromatic heterocycles. The van der Waals surface area contributed by atoms with Gasteiger partial charge < -0.3 is 5.32 Å². The van der Waals surface area contributed by atoms with Crippen molar-refractivity contribution in [2.24, 2.45) is 5.92 Å². The molecule has 1 fully saturated rings. The van der Waals surface area contributed by atoms with Crippen LogP contribution in [0.4, 0.5) is 0 Å². The molecule has 0 spiro atoms. The molecule has 120 valence electrons. The number of hydrogen-bond acceptors (Lipinski definition) is 2. The first kappa shape index (κ1) is 16.8. The van der Waals surface area contributed by atoms with Crippen LogP contribution < -0.4 is 5.32 Å². The maximum absolute atomic E-state index is 6.48. The maximum Gasteiger partial charge on any atom is 0.0863 e. The summed E-state index contributed by atoms with van der Waals surface area (Å²) in [4.78, 5) is 0. The third kappa shape index (κ3) is 4.23. The van der Waals surface area contributed by atoms with Crippen molar-refractivity contribution in [3.63, 3.8) is 0 Å². The van der Waals surface area contributed by atoms with E-state index >= 15 is 0 Å². The summed E-state index contributed by atoms with van der Waals surface area (Å²) in [6.45, 7) is 8.28. The highest BCUT2D eigenvalue weighted by molar-refractivity contribution is 6.31. The van der Waals surface area contributed by atoms with Crippen LogP contribution in [0.25, 0.3) is 0 Å². The van der Waals surface area contributed by atoms with Crippen molar-refractivity contribution < 1.29 is 0 Å². The number of aromatic nitrogens is 2. The lowest BCUT2D eigenvalue weighted by Crippen LogP contribution is -2.33. The smallest absolute Gasteiger partial charge is 0.0863 e. The second kappa shape index (κ2) is 8.19. The van der Waals surface area contributed by atoms with Crippen LogP contribution in [0.5, 0.6) is 0 Å². The molecule has 0 aromatic carbocycles. The number of nitrogens with zero attached hydrogens (tertiary/aromatic N) is 2. The molecule has 0 radical (unpaired) electrons. The zero-order valence-corrected chi connectivity index (χ0v) is 14.5. The third-order valence-corrected chi connectivity index (χ3v) is 5.33. The minimum atomic E-state index is 0.560. The molecule has 3 nitrogen and oxygen atoms in total. The van der Waals surface area contributed by atoms with E-state index in [0.717, 1.165) is 41.8 Å². The summed E-state index contributed by atoms with van der Waals surface area (Å²) in [6, 6.07) is 0.560. The SMILES string of the molecule is CCc1nn(CC)c(CN[C@H](C)C2CCCCCC2)c1Cl. The van der Waals surface area contributed by atoms with Gasteiger partial charge in [0.2, 0.25) is 0 Å². The van der Waals surface area contributed by atoms with Gasteiger partial charge in [0.05, 0.1) is 16.4 Å². The Morgan fingerprint density at radius 1 is 1.24 bits per heavy atom. The number of halogens is 1. The number of aryl methyl sites for hydroxylation is 2. The lowest BCUT2D eigenvalue weighted by molar-refractivity contribution is 0.333. The maximum atomic E-state index is 6.48. The van der Waals surface area contributed by atoms with Gasteiger partial charge in [-0.1, -0.05) is 44.2 Å². The van der Waals surface area contributed by atoms with Gasteiger partial charge in [0.1, 0.15) is 0 Å². The van der Waals surface area contributed by atoms with Crippen LogP contribution in [0.1, 0.15) is 70.7 Å². The van der Waals surface area contributed by atoms with Gasteiger partial charge in [0.25, 0.3) is 0 Å². The lowest BCUT2D eigenvalue weighted by atomic mass is 9.93.